The Balaban J connectivity index is 2.22. The summed E-state index contributed by atoms with van der Waals surface area (Å²) in [5.41, 5.74) is 7.36. The number of benzene rings is 2. The molecule has 0 aromatic heterocycles. The van der Waals surface area contributed by atoms with Gasteiger partial charge in [-0.25, -0.2) is 0 Å². The highest BCUT2D eigenvalue weighted by atomic mass is 19.4. The minimum absolute atomic E-state index is 0.250. The summed E-state index contributed by atoms with van der Waals surface area (Å²) < 4.78 is 50.5. The fourth-order valence-corrected chi connectivity index (χ4v) is 2.19. The summed E-state index contributed by atoms with van der Waals surface area (Å²) in [6.07, 6.45) is -4.75. The molecule has 5 nitrogen and oxygen atoms in total. The summed E-state index contributed by atoms with van der Waals surface area (Å²) in [5.74, 6) is -0.248. The van der Waals surface area contributed by atoms with Crippen LogP contribution in [0.15, 0.2) is 42.5 Å². The molecule has 0 bridgehead atoms. The van der Waals surface area contributed by atoms with Crippen molar-refractivity contribution in [3.05, 3.63) is 53.6 Å². The van der Waals surface area contributed by atoms with Crippen molar-refractivity contribution in [1.82, 2.24) is 0 Å². The molecular formula is C17H16F3NO4. The molecule has 0 amide bonds. The van der Waals surface area contributed by atoms with Crippen LogP contribution < -0.4 is 19.9 Å². The average Bonchev–Trinajstić information content (AvgIpc) is 2.53. The molecule has 0 aliphatic rings. The number of nitrogens with two attached hydrogens (primary N) is 1. The molecule has 0 unspecified atom stereocenters. The van der Waals surface area contributed by atoms with Gasteiger partial charge in [0.05, 0.1) is 13.2 Å². The second-order valence-electron chi connectivity index (χ2n) is 5.10. The summed E-state index contributed by atoms with van der Waals surface area (Å²) in [4.78, 5) is 11.1. The predicted molar refractivity (Wildman–Crippen MR) is 83.5 cm³/mol. The highest BCUT2D eigenvalue weighted by molar-refractivity contribution is 5.70. The summed E-state index contributed by atoms with van der Waals surface area (Å²) >= 11 is 0. The Morgan fingerprint density at radius 1 is 1.04 bits per heavy atom. The minimum atomic E-state index is -4.75. The van der Waals surface area contributed by atoms with E-state index in [4.69, 9.17) is 15.2 Å². The molecule has 0 spiro atoms. The largest absolute Gasteiger partial charge is 0.573 e. The van der Waals surface area contributed by atoms with Crippen molar-refractivity contribution in [3.8, 4) is 17.2 Å². The van der Waals surface area contributed by atoms with Gasteiger partial charge in [-0.2, -0.15) is 0 Å². The zero-order valence-corrected chi connectivity index (χ0v) is 13.5. The second kappa shape index (κ2) is 7.43. The lowest BCUT2D eigenvalue weighted by atomic mass is 9.99. The highest BCUT2D eigenvalue weighted by Crippen LogP contribution is 2.32. The summed E-state index contributed by atoms with van der Waals surface area (Å²) in [6.45, 7) is 1.27. The van der Waals surface area contributed by atoms with Gasteiger partial charge in [-0.1, -0.05) is 18.2 Å². The van der Waals surface area contributed by atoms with Crippen LogP contribution in [0.3, 0.4) is 0 Å². The van der Waals surface area contributed by atoms with Gasteiger partial charge in [-0.05, 0) is 35.4 Å². The third-order valence-electron chi connectivity index (χ3n) is 3.27. The lowest BCUT2D eigenvalue weighted by molar-refractivity contribution is -0.274. The molecule has 0 fully saturated rings. The maximum atomic E-state index is 12.2. The number of methoxy groups -OCH3 is 1. The van der Waals surface area contributed by atoms with E-state index >= 15 is 0 Å². The highest BCUT2D eigenvalue weighted by Gasteiger charge is 2.31. The molecule has 2 rings (SSSR count). The molecule has 0 saturated heterocycles. The summed E-state index contributed by atoms with van der Waals surface area (Å²) in [7, 11) is 1.42. The maximum absolute atomic E-state index is 12.2. The number of hydrogen-bond donors (Lipinski definition) is 1. The molecule has 0 saturated carbocycles. The monoisotopic (exact) mass is 355 g/mol. The van der Waals surface area contributed by atoms with Crippen LogP contribution in [0.25, 0.3) is 0 Å². The topological polar surface area (TPSA) is 70.8 Å². The average molecular weight is 355 g/mol. The lowest BCUT2D eigenvalue weighted by Gasteiger charge is -2.16. The van der Waals surface area contributed by atoms with Gasteiger partial charge < -0.3 is 19.9 Å². The Hall–Kier alpha value is -2.74. The van der Waals surface area contributed by atoms with Crippen LogP contribution in [-0.2, 0) is 4.79 Å². The van der Waals surface area contributed by atoms with Crippen molar-refractivity contribution >= 4 is 5.97 Å². The number of esters is 1. The van der Waals surface area contributed by atoms with E-state index in [9.17, 15) is 18.0 Å². The number of carbonyl (C=O) groups is 1. The molecule has 2 aromatic rings. The first-order valence-corrected chi connectivity index (χ1v) is 7.17. The number of alkyl halides is 3. The van der Waals surface area contributed by atoms with Crippen LogP contribution in [0.4, 0.5) is 13.2 Å². The first-order chi connectivity index (χ1) is 11.7. The van der Waals surface area contributed by atoms with Crippen LogP contribution >= 0.6 is 0 Å². The number of ether oxygens (including phenoxy) is 3. The standard InChI is InChI=1S/C17H16F3NO4/c1-10(22)24-14-8-5-12(9-15(14)23-2)16(21)11-3-6-13(7-4-11)25-17(18,19)20/h3-9,16H,21H2,1-2H3/t16-/m1/s1. The van der Waals surface area contributed by atoms with Gasteiger partial charge in [0, 0.05) is 6.92 Å². The van der Waals surface area contributed by atoms with Gasteiger partial charge in [0.2, 0.25) is 0 Å². The van der Waals surface area contributed by atoms with Crippen LogP contribution in [0.2, 0.25) is 0 Å². The predicted octanol–water partition coefficient (Wildman–Crippen LogP) is 3.57. The van der Waals surface area contributed by atoms with E-state index in [1.54, 1.807) is 12.1 Å². The summed E-state index contributed by atoms with van der Waals surface area (Å²) in [5, 5.41) is 0. The van der Waals surface area contributed by atoms with Gasteiger partial charge >= 0.3 is 12.3 Å². The minimum Gasteiger partial charge on any atom is -0.493 e. The third kappa shape index (κ3) is 5.12. The second-order valence-corrected chi connectivity index (χ2v) is 5.10. The zero-order chi connectivity index (χ0) is 18.6. The van der Waals surface area contributed by atoms with Crippen molar-refractivity contribution in [3.63, 3.8) is 0 Å². The Morgan fingerprint density at radius 3 is 2.16 bits per heavy atom. The van der Waals surface area contributed by atoms with Gasteiger partial charge in [-0.3, -0.25) is 4.79 Å². The van der Waals surface area contributed by atoms with Gasteiger partial charge in [0.15, 0.2) is 11.5 Å². The van der Waals surface area contributed by atoms with E-state index in [-0.39, 0.29) is 11.5 Å². The number of hydrogen-bond acceptors (Lipinski definition) is 5. The van der Waals surface area contributed by atoms with Crippen molar-refractivity contribution in [1.29, 1.82) is 0 Å². The van der Waals surface area contributed by atoms with Crippen molar-refractivity contribution in [2.45, 2.75) is 19.3 Å². The molecule has 8 heteroatoms. The molecule has 0 heterocycles. The quantitative estimate of drug-likeness (QED) is 0.656. The Bertz CT molecular complexity index is 745. The molecule has 0 aliphatic heterocycles. The maximum Gasteiger partial charge on any atom is 0.573 e. The molecule has 2 aromatic carbocycles. The molecule has 25 heavy (non-hydrogen) atoms. The van der Waals surface area contributed by atoms with Crippen molar-refractivity contribution in [2.24, 2.45) is 5.73 Å². The number of carbonyl (C=O) groups excluding carboxylic acids is 1. The number of halogens is 3. The normalized spacial score (nSPS) is 12.4. The van der Waals surface area contributed by atoms with E-state index in [2.05, 4.69) is 4.74 Å². The smallest absolute Gasteiger partial charge is 0.493 e. The van der Waals surface area contributed by atoms with E-state index in [1.165, 1.54) is 44.4 Å². The van der Waals surface area contributed by atoms with E-state index in [0.29, 0.717) is 16.9 Å². The zero-order valence-electron chi connectivity index (χ0n) is 13.5. The Kier molecular flexibility index (Phi) is 5.53. The molecule has 1 atom stereocenters. The Labute approximate surface area is 142 Å². The van der Waals surface area contributed by atoms with Crippen LogP contribution in [0.1, 0.15) is 24.1 Å². The van der Waals surface area contributed by atoms with Crippen LogP contribution in [0, 0.1) is 0 Å². The van der Waals surface area contributed by atoms with Crippen LogP contribution in [0.5, 0.6) is 17.2 Å². The van der Waals surface area contributed by atoms with Crippen molar-refractivity contribution in [2.75, 3.05) is 7.11 Å². The molecule has 0 radical (unpaired) electrons. The molecule has 0 aliphatic carbocycles. The number of rotatable bonds is 5. The molecule has 2 N–H and O–H groups in total. The lowest BCUT2D eigenvalue weighted by Crippen LogP contribution is -2.17. The molecule has 134 valence electrons. The van der Waals surface area contributed by atoms with E-state index in [1.807, 2.05) is 0 Å². The van der Waals surface area contributed by atoms with E-state index < -0.39 is 18.4 Å². The van der Waals surface area contributed by atoms with Crippen LogP contribution in [-0.4, -0.2) is 19.4 Å². The van der Waals surface area contributed by atoms with E-state index in [0.717, 1.165) is 0 Å². The first kappa shape index (κ1) is 18.6. The fourth-order valence-electron chi connectivity index (χ4n) is 2.19. The van der Waals surface area contributed by atoms with Gasteiger partial charge in [0.25, 0.3) is 0 Å². The Morgan fingerprint density at radius 2 is 1.64 bits per heavy atom. The third-order valence-corrected chi connectivity index (χ3v) is 3.27. The molecular weight excluding hydrogens is 339 g/mol. The van der Waals surface area contributed by atoms with Gasteiger partial charge in [0.1, 0.15) is 5.75 Å². The van der Waals surface area contributed by atoms with Gasteiger partial charge in [-0.15, -0.1) is 13.2 Å². The fraction of sp³-hybridized carbons (Fsp3) is 0.235. The summed E-state index contributed by atoms with van der Waals surface area (Å²) in [6, 6.07) is 9.43. The van der Waals surface area contributed by atoms with Crippen molar-refractivity contribution < 1.29 is 32.2 Å². The SMILES string of the molecule is COc1cc([C@H](N)c2ccc(OC(F)(F)F)cc2)ccc1OC(C)=O. The first-order valence-electron chi connectivity index (χ1n) is 7.17.